The summed E-state index contributed by atoms with van der Waals surface area (Å²) >= 11 is 0. The van der Waals surface area contributed by atoms with Crippen molar-refractivity contribution in [1.29, 1.82) is 5.26 Å². The third-order valence-electron chi connectivity index (χ3n) is 1.54. The number of nitriles is 1. The fourth-order valence-electron chi connectivity index (χ4n) is 0.791. The molecule has 0 bridgehead atoms. The van der Waals surface area contributed by atoms with Gasteiger partial charge in [0.1, 0.15) is 6.42 Å². The molecule has 96 valence electrons. The molecule has 1 atom stereocenters. The lowest BCUT2D eigenvalue weighted by molar-refractivity contribution is -0.271. The summed E-state index contributed by atoms with van der Waals surface area (Å²) in [4.78, 5) is 21.8. The van der Waals surface area contributed by atoms with Gasteiger partial charge in [-0.1, -0.05) is 0 Å². The minimum absolute atomic E-state index is 0.411. The second-order valence-electron chi connectivity index (χ2n) is 2.81. The van der Waals surface area contributed by atoms with Crippen LogP contribution in [-0.2, 0) is 14.3 Å². The fourth-order valence-corrected chi connectivity index (χ4v) is 0.791. The highest BCUT2D eigenvalue weighted by molar-refractivity contribution is 5.88. The van der Waals surface area contributed by atoms with E-state index in [2.05, 4.69) is 4.74 Å². The Kier molecular flexibility index (Phi) is 4.90. The number of hydrogen-bond donors (Lipinski definition) is 2. The Balaban J connectivity index is 5.07. The predicted octanol–water partition coefficient (Wildman–Crippen LogP) is -0.170. The molecule has 1 amide bonds. The number of ether oxygens (including phenoxy) is 1. The molecule has 0 radical (unpaired) electrons. The van der Waals surface area contributed by atoms with Gasteiger partial charge in [-0.05, 0) is 6.92 Å². The van der Waals surface area contributed by atoms with E-state index in [0.29, 0.717) is 0 Å². The Bertz CT molecular complexity index is 350. The zero-order valence-corrected chi connectivity index (χ0v) is 8.67. The van der Waals surface area contributed by atoms with Gasteiger partial charge >= 0.3 is 17.9 Å². The zero-order chi connectivity index (χ0) is 13.7. The van der Waals surface area contributed by atoms with Crippen molar-refractivity contribution in [1.82, 2.24) is 5.32 Å². The van der Waals surface area contributed by atoms with E-state index in [1.54, 1.807) is 0 Å². The molecule has 0 rings (SSSR count). The Hall–Kier alpha value is -1.82. The molecule has 17 heavy (non-hydrogen) atoms. The predicted molar refractivity (Wildman–Crippen MR) is 46.0 cm³/mol. The Morgan fingerprint density at radius 3 is 2.35 bits per heavy atom. The van der Waals surface area contributed by atoms with Crippen LogP contribution in [0.1, 0.15) is 13.3 Å². The standard InChI is InChI=1S/C8H9F3N2O4/c1-2-17-6(15)7(16,8(9,10)11)13-5(14)3-4-12/h16H,2-3H2,1H3,(H,13,14)/t7-/m1/s1. The number of carbonyl (C=O) groups is 2. The first-order valence-electron chi connectivity index (χ1n) is 4.33. The summed E-state index contributed by atoms with van der Waals surface area (Å²) in [5.74, 6) is -3.50. The lowest BCUT2D eigenvalue weighted by atomic mass is 10.2. The van der Waals surface area contributed by atoms with E-state index in [4.69, 9.17) is 10.4 Å². The monoisotopic (exact) mass is 254 g/mol. The number of hydrogen-bond acceptors (Lipinski definition) is 5. The Labute approximate surface area is 94.0 Å². The minimum Gasteiger partial charge on any atom is -0.462 e. The number of nitrogens with zero attached hydrogens (tertiary/aromatic N) is 1. The van der Waals surface area contributed by atoms with Crippen LogP contribution in [0.4, 0.5) is 13.2 Å². The molecule has 0 aromatic carbocycles. The highest BCUT2D eigenvalue weighted by atomic mass is 19.4. The summed E-state index contributed by atoms with van der Waals surface area (Å²) in [6.45, 7) is 0.817. The van der Waals surface area contributed by atoms with E-state index < -0.39 is 36.8 Å². The van der Waals surface area contributed by atoms with Crippen LogP contribution >= 0.6 is 0 Å². The van der Waals surface area contributed by atoms with E-state index in [0.717, 1.165) is 5.32 Å². The molecule has 0 spiro atoms. The number of nitrogens with one attached hydrogen (secondary N) is 1. The summed E-state index contributed by atoms with van der Waals surface area (Å²) in [6.07, 6.45) is -6.39. The number of halogens is 3. The third-order valence-corrected chi connectivity index (χ3v) is 1.54. The lowest BCUT2D eigenvalue weighted by Gasteiger charge is -2.28. The topological polar surface area (TPSA) is 99.4 Å². The summed E-state index contributed by atoms with van der Waals surface area (Å²) in [6, 6.07) is 1.27. The summed E-state index contributed by atoms with van der Waals surface area (Å²) in [5.41, 5.74) is -4.14. The summed E-state index contributed by atoms with van der Waals surface area (Å²) < 4.78 is 41.3. The van der Waals surface area contributed by atoms with Crippen LogP contribution in [0.2, 0.25) is 0 Å². The van der Waals surface area contributed by atoms with Crippen molar-refractivity contribution in [2.75, 3.05) is 6.61 Å². The van der Waals surface area contributed by atoms with E-state index in [1.807, 2.05) is 0 Å². The van der Waals surface area contributed by atoms with Crippen molar-refractivity contribution in [3.8, 4) is 6.07 Å². The minimum atomic E-state index is -5.45. The molecule has 0 unspecified atom stereocenters. The molecule has 0 saturated carbocycles. The van der Waals surface area contributed by atoms with Crippen molar-refractivity contribution in [3.05, 3.63) is 0 Å². The molecule has 0 aliphatic rings. The molecule has 0 aromatic rings. The molecule has 2 N–H and O–H groups in total. The van der Waals surface area contributed by atoms with Crippen LogP contribution in [0.15, 0.2) is 0 Å². The summed E-state index contributed by atoms with van der Waals surface area (Å²) in [5, 5.41) is 18.2. The smallest absolute Gasteiger partial charge is 0.448 e. The van der Waals surface area contributed by atoms with Gasteiger partial charge in [-0.25, -0.2) is 4.79 Å². The molecular weight excluding hydrogens is 245 g/mol. The number of carbonyl (C=O) groups excluding carboxylic acids is 2. The maximum atomic E-state index is 12.4. The van der Waals surface area contributed by atoms with E-state index in [1.165, 1.54) is 13.0 Å². The van der Waals surface area contributed by atoms with Crippen LogP contribution in [0.5, 0.6) is 0 Å². The van der Waals surface area contributed by atoms with Crippen LogP contribution in [0, 0.1) is 11.3 Å². The van der Waals surface area contributed by atoms with E-state index in [-0.39, 0.29) is 0 Å². The van der Waals surface area contributed by atoms with Crippen LogP contribution in [0.25, 0.3) is 0 Å². The second kappa shape index (κ2) is 5.49. The van der Waals surface area contributed by atoms with Gasteiger partial charge in [0.15, 0.2) is 0 Å². The normalized spacial score (nSPS) is 14.4. The van der Waals surface area contributed by atoms with E-state index in [9.17, 15) is 22.8 Å². The number of alkyl halides is 3. The Morgan fingerprint density at radius 2 is 2.00 bits per heavy atom. The van der Waals surface area contributed by atoms with Gasteiger partial charge in [0.25, 0.3) is 0 Å². The van der Waals surface area contributed by atoms with Gasteiger partial charge in [-0.15, -0.1) is 0 Å². The highest BCUT2D eigenvalue weighted by Crippen LogP contribution is 2.29. The van der Waals surface area contributed by atoms with E-state index >= 15 is 0 Å². The maximum absolute atomic E-state index is 12.4. The molecule has 0 saturated heterocycles. The molecule has 9 heteroatoms. The fraction of sp³-hybridized carbons (Fsp3) is 0.625. The van der Waals surface area contributed by atoms with Gasteiger partial charge in [0.2, 0.25) is 5.91 Å². The highest BCUT2D eigenvalue weighted by Gasteiger charge is 2.62. The SMILES string of the molecule is CCOC(=O)[C@](O)(NC(=O)CC#N)C(F)(F)F. The van der Waals surface area contributed by atoms with Crippen molar-refractivity contribution in [2.24, 2.45) is 0 Å². The average Bonchev–Trinajstić information content (AvgIpc) is 2.16. The van der Waals surface area contributed by atoms with Gasteiger partial charge in [0.05, 0.1) is 12.7 Å². The molecule has 0 aliphatic heterocycles. The van der Waals surface area contributed by atoms with Crippen LogP contribution in [-0.4, -0.2) is 35.5 Å². The van der Waals surface area contributed by atoms with Gasteiger partial charge in [-0.2, -0.15) is 18.4 Å². The van der Waals surface area contributed by atoms with Crippen molar-refractivity contribution in [2.45, 2.75) is 25.2 Å². The number of amides is 1. The molecule has 0 aromatic heterocycles. The molecule has 0 fully saturated rings. The first-order valence-corrected chi connectivity index (χ1v) is 4.33. The van der Waals surface area contributed by atoms with Gasteiger partial charge < -0.3 is 15.2 Å². The molecule has 0 aliphatic carbocycles. The van der Waals surface area contributed by atoms with Crippen LogP contribution < -0.4 is 5.32 Å². The number of rotatable bonds is 4. The van der Waals surface area contributed by atoms with Crippen LogP contribution in [0.3, 0.4) is 0 Å². The quantitative estimate of drug-likeness (QED) is 0.536. The van der Waals surface area contributed by atoms with Crippen molar-refractivity contribution >= 4 is 11.9 Å². The van der Waals surface area contributed by atoms with Crippen molar-refractivity contribution in [3.63, 3.8) is 0 Å². The first-order chi connectivity index (χ1) is 7.69. The zero-order valence-electron chi connectivity index (χ0n) is 8.67. The third kappa shape index (κ3) is 3.60. The molecule has 6 nitrogen and oxygen atoms in total. The number of aliphatic hydroxyl groups is 1. The molecular formula is C8H9F3N2O4. The van der Waals surface area contributed by atoms with Crippen molar-refractivity contribution < 1.29 is 32.6 Å². The summed E-state index contributed by atoms with van der Waals surface area (Å²) in [7, 11) is 0. The average molecular weight is 254 g/mol. The molecule has 0 heterocycles. The lowest BCUT2D eigenvalue weighted by Crippen LogP contribution is -2.64. The largest absolute Gasteiger partial charge is 0.462 e. The Morgan fingerprint density at radius 1 is 1.47 bits per heavy atom. The first kappa shape index (κ1) is 15.2. The second-order valence-corrected chi connectivity index (χ2v) is 2.81. The van der Waals surface area contributed by atoms with Gasteiger partial charge in [-0.3, -0.25) is 4.79 Å². The van der Waals surface area contributed by atoms with Gasteiger partial charge in [0, 0.05) is 0 Å². The maximum Gasteiger partial charge on any atom is 0.448 e. The number of esters is 1.